The zero-order valence-electron chi connectivity index (χ0n) is 10.1. The van der Waals surface area contributed by atoms with E-state index in [0.29, 0.717) is 6.61 Å². The van der Waals surface area contributed by atoms with Crippen LogP contribution in [0.1, 0.15) is 23.0 Å². The van der Waals surface area contributed by atoms with Gasteiger partial charge in [-0.3, -0.25) is 4.98 Å². The minimum Gasteiger partial charge on any atom is -0.461 e. The van der Waals surface area contributed by atoms with Gasteiger partial charge in [-0.25, -0.2) is 4.79 Å². The van der Waals surface area contributed by atoms with E-state index in [2.05, 4.69) is 15.3 Å². The highest BCUT2D eigenvalue weighted by molar-refractivity contribution is 5.87. The number of aryl methyl sites for hydroxylation is 1. The maximum atomic E-state index is 11.4. The number of hydrogen-bond acceptors (Lipinski definition) is 6. The molecule has 0 fully saturated rings. The molecular weight excluding hydrogens is 234 g/mol. The van der Waals surface area contributed by atoms with Crippen molar-refractivity contribution < 1.29 is 13.9 Å². The molecule has 6 nitrogen and oxygen atoms in total. The first-order valence-corrected chi connectivity index (χ1v) is 5.51. The molecule has 0 aromatic carbocycles. The molecule has 0 saturated heterocycles. The topological polar surface area (TPSA) is 77.2 Å². The molecule has 0 aliphatic rings. The molecule has 2 aromatic rings. The second-order valence-corrected chi connectivity index (χ2v) is 3.57. The quantitative estimate of drug-likeness (QED) is 0.835. The van der Waals surface area contributed by atoms with E-state index in [1.165, 1.54) is 6.26 Å². The minimum absolute atomic E-state index is 0.140. The predicted molar refractivity (Wildman–Crippen MR) is 64.7 cm³/mol. The fourth-order valence-electron chi connectivity index (χ4n) is 1.34. The Morgan fingerprint density at radius 1 is 1.56 bits per heavy atom. The summed E-state index contributed by atoms with van der Waals surface area (Å²) in [7, 11) is 0. The number of nitrogens with zero attached hydrogens (tertiary/aromatic N) is 2. The van der Waals surface area contributed by atoms with Crippen molar-refractivity contribution in [2.75, 3.05) is 11.9 Å². The molecule has 0 spiro atoms. The van der Waals surface area contributed by atoms with Crippen molar-refractivity contribution in [2.24, 2.45) is 0 Å². The number of rotatable bonds is 4. The highest BCUT2D eigenvalue weighted by atomic mass is 16.5. The zero-order chi connectivity index (χ0) is 13.0. The molecule has 2 aromatic heterocycles. The standard InChI is InChI=1S/C12H13N3O3/c1-3-17-11(16)10-7-18-12(15-10)14-9-6-13-5-4-8(9)2/h4-7H,3H2,1-2H3,(H,14,15). The van der Waals surface area contributed by atoms with Gasteiger partial charge in [0, 0.05) is 6.20 Å². The summed E-state index contributed by atoms with van der Waals surface area (Å²) in [5.41, 5.74) is 1.91. The number of aromatic nitrogens is 2. The van der Waals surface area contributed by atoms with Crippen molar-refractivity contribution in [1.82, 2.24) is 9.97 Å². The van der Waals surface area contributed by atoms with Crippen molar-refractivity contribution in [3.63, 3.8) is 0 Å². The largest absolute Gasteiger partial charge is 0.461 e. The van der Waals surface area contributed by atoms with Crippen LogP contribution in [0, 0.1) is 6.92 Å². The average Bonchev–Trinajstić information content (AvgIpc) is 2.81. The summed E-state index contributed by atoms with van der Waals surface area (Å²) in [4.78, 5) is 19.4. The fraction of sp³-hybridized carbons (Fsp3) is 0.250. The van der Waals surface area contributed by atoms with E-state index >= 15 is 0 Å². The monoisotopic (exact) mass is 247 g/mol. The second kappa shape index (κ2) is 5.31. The number of hydrogen-bond donors (Lipinski definition) is 1. The molecule has 0 bridgehead atoms. The first-order chi connectivity index (χ1) is 8.70. The number of oxazole rings is 1. The zero-order valence-corrected chi connectivity index (χ0v) is 10.1. The van der Waals surface area contributed by atoms with Gasteiger partial charge in [0.1, 0.15) is 6.26 Å². The van der Waals surface area contributed by atoms with Crippen molar-refractivity contribution in [1.29, 1.82) is 0 Å². The number of carbonyl (C=O) groups is 1. The van der Waals surface area contributed by atoms with Gasteiger partial charge in [-0.2, -0.15) is 4.98 Å². The molecule has 1 N–H and O–H groups in total. The van der Waals surface area contributed by atoms with Gasteiger partial charge in [0.05, 0.1) is 18.5 Å². The third kappa shape index (κ3) is 2.65. The van der Waals surface area contributed by atoms with E-state index < -0.39 is 5.97 Å². The maximum Gasteiger partial charge on any atom is 0.360 e. The lowest BCUT2D eigenvalue weighted by Gasteiger charge is -2.03. The van der Waals surface area contributed by atoms with Crippen molar-refractivity contribution in [3.05, 3.63) is 36.0 Å². The van der Waals surface area contributed by atoms with Crippen LogP contribution in [0.25, 0.3) is 0 Å². The lowest BCUT2D eigenvalue weighted by molar-refractivity contribution is 0.0519. The molecular formula is C12H13N3O3. The van der Waals surface area contributed by atoms with Crippen LogP contribution in [0.3, 0.4) is 0 Å². The number of pyridine rings is 1. The smallest absolute Gasteiger partial charge is 0.360 e. The van der Waals surface area contributed by atoms with Crippen LogP contribution in [-0.4, -0.2) is 22.5 Å². The molecule has 0 aliphatic carbocycles. The third-order valence-corrected chi connectivity index (χ3v) is 2.27. The Balaban J connectivity index is 2.12. The van der Waals surface area contributed by atoms with Crippen molar-refractivity contribution >= 4 is 17.7 Å². The van der Waals surface area contributed by atoms with E-state index in [9.17, 15) is 4.79 Å². The summed E-state index contributed by atoms with van der Waals surface area (Å²) < 4.78 is 9.95. The molecule has 0 radical (unpaired) electrons. The first-order valence-electron chi connectivity index (χ1n) is 5.51. The summed E-state index contributed by atoms with van der Waals surface area (Å²) in [6.07, 6.45) is 4.61. The Morgan fingerprint density at radius 3 is 3.11 bits per heavy atom. The van der Waals surface area contributed by atoms with Gasteiger partial charge in [0.25, 0.3) is 6.01 Å². The van der Waals surface area contributed by atoms with Crippen LogP contribution in [0.5, 0.6) is 0 Å². The number of anilines is 2. The molecule has 94 valence electrons. The van der Waals surface area contributed by atoms with Crippen LogP contribution < -0.4 is 5.32 Å². The van der Waals surface area contributed by atoms with E-state index in [-0.39, 0.29) is 11.7 Å². The van der Waals surface area contributed by atoms with Gasteiger partial charge in [0.2, 0.25) is 0 Å². The average molecular weight is 247 g/mol. The van der Waals surface area contributed by atoms with Gasteiger partial charge in [-0.15, -0.1) is 0 Å². The van der Waals surface area contributed by atoms with Crippen molar-refractivity contribution in [3.8, 4) is 0 Å². The minimum atomic E-state index is -0.503. The summed E-state index contributed by atoms with van der Waals surface area (Å²) in [6, 6.07) is 2.09. The molecule has 0 saturated carbocycles. The molecule has 6 heteroatoms. The highest BCUT2D eigenvalue weighted by Gasteiger charge is 2.13. The normalized spacial score (nSPS) is 10.1. The highest BCUT2D eigenvalue weighted by Crippen LogP contribution is 2.18. The summed E-state index contributed by atoms with van der Waals surface area (Å²) >= 11 is 0. The Bertz CT molecular complexity index is 551. The third-order valence-electron chi connectivity index (χ3n) is 2.27. The number of ether oxygens (including phenoxy) is 1. The SMILES string of the molecule is CCOC(=O)c1coc(Nc2cnccc2C)n1. The number of nitrogens with one attached hydrogen (secondary N) is 1. The number of esters is 1. The number of carbonyl (C=O) groups excluding carboxylic acids is 1. The molecule has 0 amide bonds. The Morgan fingerprint density at radius 2 is 2.39 bits per heavy atom. The lowest BCUT2D eigenvalue weighted by Crippen LogP contribution is -2.05. The summed E-state index contributed by atoms with van der Waals surface area (Å²) in [5.74, 6) is -0.503. The Labute approximate surface area is 104 Å². The predicted octanol–water partition coefficient (Wildman–Crippen LogP) is 2.30. The Hall–Kier alpha value is -2.37. The first kappa shape index (κ1) is 12.1. The molecule has 2 rings (SSSR count). The van der Waals surface area contributed by atoms with Gasteiger partial charge in [0.15, 0.2) is 5.69 Å². The van der Waals surface area contributed by atoms with Crippen LogP contribution >= 0.6 is 0 Å². The van der Waals surface area contributed by atoms with E-state index in [1.807, 2.05) is 13.0 Å². The van der Waals surface area contributed by atoms with Crippen LogP contribution in [-0.2, 0) is 4.74 Å². The molecule has 0 unspecified atom stereocenters. The van der Waals surface area contributed by atoms with E-state index in [0.717, 1.165) is 11.3 Å². The summed E-state index contributed by atoms with van der Waals surface area (Å²) in [5, 5.41) is 2.94. The van der Waals surface area contributed by atoms with Gasteiger partial charge >= 0.3 is 5.97 Å². The second-order valence-electron chi connectivity index (χ2n) is 3.57. The van der Waals surface area contributed by atoms with Gasteiger partial charge in [-0.1, -0.05) is 0 Å². The van der Waals surface area contributed by atoms with Crippen LogP contribution in [0.2, 0.25) is 0 Å². The molecule has 0 atom stereocenters. The van der Waals surface area contributed by atoms with E-state index in [1.54, 1.807) is 19.3 Å². The maximum absolute atomic E-state index is 11.4. The molecule has 18 heavy (non-hydrogen) atoms. The van der Waals surface area contributed by atoms with Gasteiger partial charge in [-0.05, 0) is 25.5 Å². The van der Waals surface area contributed by atoms with Crippen molar-refractivity contribution in [2.45, 2.75) is 13.8 Å². The fourth-order valence-corrected chi connectivity index (χ4v) is 1.34. The van der Waals surface area contributed by atoms with Crippen LogP contribution in [0.15, 0.2) is 29.1 Å². The Kier molecular flexibility index (Phi) is 3.57. The molecule has 0 aliphatic heterocycles. The summed E-state index contributed by atoms with van der Waals surface area (Å²) in [6.45, 7) is 3.96. The van der Waals surface area contributed by atoms with E-state index in [4.69, 9.17) is 9.15 Å². The lowest BCUT2D eigenvalue weighted by atomic mass is 10.2. The molecule has 2 heterocycles. The van der Waals surface area contributed by atoms with Crippen LogP contribution in [0.4, 0.5) is 11.7 Å². The van der Waals surface area contributed by atoms with Gasteiger partial charge < -0.3 is 14.5 Å².